The maximum atomic E-state index is 6.96. The summed E-state index contributed by atoms with van der Waals surface area (Å²) >= 11 is 10.0. The molecule has 0 aromatic carbocycles. The Morgan fingerprint density at radius 3 is 1.37 bits per heavy atom. The van der Waals surface area contributed by atoms with Gasteiger partial charge in [-0.15, -0.1) is 22.7 Å². The van der Waals surface area contributed by atoms with Gasteiger partial charge >= 0.3 is 0 Å². The topological polar surface area (TPSA) is 86.7 Å². The van der Waals surface area contributed by atoms with Crippen LogP contribution >= 0.6 is 34.3 Å². The quantitative estimate of drug-likeness (QED) is 0.0580. The third-order valence-corrected chi connectivity index (χ3v) is 16.4. The van der Waals surface area contributed by atoms with Crippen molar-refractivity contribution >= 4 is 34.3 Å². The standard InChI is InChI=1S/C55H88ClNO8S2/c1-9-17-21-41(13-5)28-58-33-54(34-59-29-42(14-6)22-18-10-2)37-62-47-32-66-51(48(47)63-38-54)45-25-26-46(57-27-45)52-49-50(53(56)67-52)65-40-55(39-64-49,35-60-30-43(15-7)23-19-11-3)36-61-31-44(16-8)24-20-12-4/h25-27,32,41-44H,9-24,28-31,33-40H2,1-8H3. The molecule has 0 saturated heterocycles. The van der Waals surface area contributed by atoms with Gasteiger partial charge in [0, 0.05) is 43.6 Å². The van der Waals surface area contributed by atoms with E-state index >= 15 is 0 Å². The molecule has 5 heterocycles. The summed E-state index contributed by atoms with van der Waals surface area (Å²) in [5, 5.41) is 2.05. The molecule has 4 unspecified atom stereocenters. The lowest BCUT2D eigenvalue weighted by atomic mass is 9.91. The second-order valence-corrected chi connectivity index (χ2v) is 22.4. The van der Waals surface area contributed by atoms with Crippen LogP contribution in [-0.2, 0) is 18.9 Å². The molecule has 2 aliphatic heterocycles. The van der Waals surface area contributed by atoms with Gasteiger partial charge in [-0.1, -0.05) is 144 Å². The highest BCUT2D eigenvalue weighted by Crippen LogP contribution is 2.53. The Labute approximate surface area is 419 Å². The fourth-order valence-corrected chi connectivity index (χ4v) is 11.2. The zero-order valence-electron chi connectivity index (χ0n) is 42.8. The third kappa shape index (κ3) is 16.7. The van der Waals surface area contributed by atoms with Crippen LogP contribution in [0.5, 0.6) is 23.0 Å². The van der Waals surface area contributed by atoms with Crippen molar-refractivity contribution in [1.29, 1.82) is 0 Å². The summed E-state index contributed by atoms with van der Waals surface area (Å²) in [5.74, 6) is 4.89. The summed E-state index contributed by atoms with van der Waals surface area (Å²) in [6.45, 7) is 24.7. The van der Waals surface area contributed by atoms with E-state index in [1.54, 1.807) is 11.3 Å². The average Bonchev–Trinajstić information content (AvgIpc) is 3.78. The van der Waals surface area contributed by atoms with Gasteiger partial charge in [-0.25, -0.2) is 0 Å². The Morgan fingerprint density at radius 1 is 0.552 bits per heavy atom. The normalized spacial score (nSPS) is 20.0. The number of hydrogen-bond acceptors (Lipinski definition) is 11. The number of unbranched alkanes of at least 4 members (excludes halogenated alkanes) is 4. The maximum Gasteiger partial charge on any atom is 0.191 e. The number of halogens is 1. The van der Waals surface area contributed by atoms with Gasteiger partial charge in [0.2, 0.25) is 0 Å². The summed E-state index contributed by atoms with van der Waals surface area (Å²) in [5.41, 5.74) is 0.796. The highest BCUT2D eigenvalue weighted by Gasteiger charge is 2.40. The second kappa shape index (κ2) is 29.9. The van der Waals surface area contributed by atoms with Gasteiger partial charge in [0.1, 0.15) is 35.6 Å². The van der Waals surface area contributed by atoms with Gasteiger partial charge in [-0.3, -0.25) is 4.98 Å². The summed E-state index contributed by atoms with van der Waals surface area (Å²) in [7, 11) is 0. The first-order chi connectivity index (χ1) is 32.7. The monoisotopic (exact) mass is 990 g/mol. The molecule has 4 atom stereocenters. The van der Waals surface area contributed by atoms with E-state index in [4.69, 9.17) is 54.5 Å². The Morgan fingerprint density at radius 2 is 0.970 bits per heavy atom. The molecule has 0 radical (unpaired) electrons. The van der Waals surface area contributed by atoms with Crippen molar-refractivity contribution in [1.82, 2.24) is 4.98 Å². The van der Waals surface area contributed by atoms with Crippen molar-refractivity contribution in [3.63, 3.8) is 0 Å². The summed E-state index contributed by atoms with van der Waals surface area (Å²) < 4.78 is 53.4. The van der Waals surface area contributed by atoms with E-state index in [0.717, 1.165) is 84.6 Å². The minimum Gasteiger partial charge on any atom is -0.488 e. The molecule has 9 nitrogen and oxygen atoms in total. The molecule has 2 aliphatic rings. The molecule has 380 valence electrons. The van der Waals surface area contributed by atoms with E-state index in [1.165, 1.54) is 88.4 Å². The molecule has 67 heavy (non-hydrogen) atoms. The van der Waals surface area contributed by atoms with Crippen LogP contribution in [0.4, 0.5) is 0 Å². The summed E-state index contributed by atoms with van der Waals surface area (Å²) in [4.78, 5) is 6.83. The van der Waals surface area contributed by atoms with Gasteiger partial charge in [-0.2, -0.15) is 0 Å². The van der Waals surface area contributed by atoms with Crippen LogP contribution < -0.4 is 18.9 Å². The Kier molecular flexibility index (Phi) is 24.9. The van der Waals surface area contributed by atoms with E-state index in [9.17, 15) is 0 Å². The smallest absolute Gasteiger partial charge is 0.191 e. The lowest BCUT2D eigenvalue weighted by Gasteiger charge is -2.32. The van der Waals surface area contributed by atoms with Crippen LogP contribution in [-0.4, -0.2) is 84.3 Å². The molecule has 3 aromatic heterocycles. The van der Waals surface area contributed by atoms with Gasteiger partial charge in [-0.05, 0) is 61.5 Å². The lowest BCUT2D eigenvalue weighted by Crippen LogP contribution is -2.43. The number of rotatable bonds is 34. The molecule has 0 saturated carbocycles. The van der Waals surface area contributed by atoms with Crippen LogP contribution in [0.1, 0.15) is 158 Å². The Balaban J connectivity index is 1.30. The van der Waals surface area contributed by atoms with Crippen molar-refractivity contribution in [2.45, 2.75) is 158 Å². The van der Waals surface area contributed by atoms with E-state index in [0.29, 0.717) is 92.4 Å². The van der Waals surface area contributed by atoms with Crippen molar-refractivity contribution in [2.24, 2.45) is 34.5 Å². The summed E-state index contributed by atoms with van der Waals surface area (Å²) in [6, 6.07) is 4.13. The lowest BCUT2D eigenvalue weighted by molar-refractivity contribution is -0.0715. The first-order valence-corrected chi connectivity index (χ1v) is 28.5. The summed E-state index contributed by atoms with van der Waals surface area (Å²) in [6.07, 6.45) is 20.8. The fraction of sp³-hybridized carbons (Fsp3) is 0.764. The van der Waals surface area contributed by atoms with Crippen LogP contribution in [0.3, 0.4) is 0 Å². The SMILES string of the molecule is CCCCC(CC)COCC1(COCC(CC)CCCC)COc2csc(-c3ccc(-c4sc(Cl)c5c4OCC(COCC(CC)CCCC)(COCC(CC)CCCC)CO5)nc3)c2OC1. The third-order valence-electron chi connectivity index (χ3n) is 14.1. The number of hydrogen-bond donors (Lipinski definition) is 0. The van der Waals surface area contributed by atoms with Crippen LogP contribution in [0, 0.1) is 34.5 Å². The van der Waals surface area contributed by atoms with Crippen molar-refractivity contribution in [3.8, 4) is 44.0 Å². The average molecular weight is 991 g/mol. The van der Waals surface area contributed by atoms with Crippen molar-refractivity contribution in [2.75, 3.05) is 79.3 Å². The molecule has 0 bridgehead atoms. The second-order valence-electron chi connectivity index (χ2n) is 19.9. The van der Waals surface area contributed by atoms with Gasteiger partial charge in [0.25, 0.3) is 0 Å². The van der Waals surface area contributed by atoms with E-state index in [2.05, 4.69) is 66.8 Å². The molecule has 0 spiro atoms. The zero-order chi connectivity index (χ0) is 47.9. The highest BCUT2D eigenvalue weighted by molar-refractivity contribution is 7.20. The zero-order valence-corrected chi connectivity index (χ0v) is 45.2. The fourth-order valence-electron chi connectivity index (χ4n) is 8.99. The Bertz CT molecular complexity index is 1760. The van der Waals surface area contributed by atoms with E-state index in [1.807, 2.05) is 12.3 Å². The maximum absolute atomic E-state index is 6.96. The largest absolute Gasteiger partial charge is 0.488 e. The molecule has 0 N–H and O–H groups in total. The predicted molar refractivity (Wildman–Crippen MR) is 279 cm³/mol. The van der Waals surface area contributed by atoms with Gasteiger partial charge < -0.3 is 37.9 Å². The van der Waals surface area contributed by atoms with Crippen molar-refractivity contribution < 1.29 is 37.9 Å². The number of fused-ring (bicyclic) bond motifs is 2. The molecular formula is C55H88ClNO8S2. The first-order valence-electron chi connectivity index (χ1n) is 26.4. The molecule has 3 aromatic rings. The number of pyridine rings is 1. The first kappa shape index (κ1) is 55.8. The molecule has 5 rings (SSSR count). The van der Waals surface area contributed by atoms with Crippen LogP contribution in [0.2, 0.25) is 4.34 Å². The molecule has 0 fully saturated rings. The van der Waals surface area contributed by atoms with Gasteiger partial charge in [0.05, 0.1) is 47.8 Å². The molecule has 0 aliphatic carbocycles. The van der Waals surface area contributed by atoms with Gasteiger partial charge in [0.15, 0.2) is 23.0 Å². The molecule has 0 amide bonds. The molecular weight excluding hydrogens is 902 g/mol. The predicted octanol–water partition coefficient (Wildman–Crippen LogP) is 15.6. The number of nitrogens with zero attached hydrogens (tertiary/aromatic N) is 1. The number of ether oxygens (including phenoxy) is 8. The van der Waals surface area contributed by atoms with E-state index in [-0.39, 0.29) is 0 Å². The van der Waals surface area contributed by atoms with Crippen LogP contribution in [0.25, 0.3) is 21.0 Å². The number of aromatic nitrogens is 1. The number of thiophene rings is 2. The Hall–Kier alpha value is -2.12. The molecule has 12 heteroatoms. The van der Waals surface area contributed by atoms with Crippen molar-refractivity contribution in [3.05, 3.63) is 28.0 Å². The highest BCUT2D eigenvalue weighted by atomic mass is 35.5. The minimum atomic E-state index is -0.491. The van der Waals surface area contributed by atoms with E-state index < -0.39 is 10.8 Å². The minimum absolute atomic E-state index is 0.390. The van der Waals surface area contributed by atoms with Crippen LogP contribution in [0.15, 0.2) is 23.7 Å².